The predicted molar refractivity (Wildman–Crippen MR) is 86.9 cm³/mol. The van der Waals surface area contributed by atoms with Crippen molar-refractivity contribution in [2.24, 2.45) is 5.92 Å². The normalized spacial score (nSPS) is 23.0. The number of carbonyl (C=O) groups excluding carboxylic acids is 1. The van der Waals surface area contributed by atoms with Crippen molar-refractivity contribution in [2.75, 3.05) is 17.3 Å². The lowest BCUT2D eigenvalue weighted by Gasteiger charge is -2.27. The lowest BCUT2D eigenvalue weighted by molar-refractivity contribution is 0.102. The van der Waals surface area contributed by atoms with E-state index in [1.807, 2.05) is 0 Å². The first-order valence-electron chi connectivity index (χ1n) is 7.10. The summed E-state index contributed by atoms with van der Waals surface area (Å²) in [6.07, 6.45) is 5.41. The van der Waals surface area contributed by atoms with Gasteiger partial charge in [0.05, 0.1) is 10.6 Å². The molecule has 0 saturated heterocycles. The summed E-state index contributed by atoms with van der Waals surface area (Å²) >= 11 is 1.15. The molecule has 0 aromatic carbocycles. The Labute approximate surface area is 129 Å². The molecule has 1 aromatic heterocycles. The van der Waals surface area contributed by atoms with E-state index in [9.17, 15) is 13.2 Å². The van der Waals surface area contributed by atoms with Crippen LogP contribution in [0.3, 0.4) is 0 Å². The van der Waals surface area contributed by atoms with Crippen LogP contribution in [-0.2, 0) is 9.84 Å². The highest BCUT2D eigenvalue weighted by Gasteiger charge is 2.28. The molecule has 0 bridgehead atoms. The van der Waals surface area contributed by atoms with E-state index in [1.54, 1.807) is 0 Å². The van der Waals surface area contributed by atoms with Crippen LogP contribution in [0.4, 0.5) is 10.7 Å². The van der Waals surface area contributed by atoms with Gasteiger partial charge in [-0.15, -0.1) is 11.3 Å². The van der Waals surface area contributed by atoms with Gasteiger partial charge in [-0.2, -0.15) is 0 Å². The molecule has 0 unspecified atom stereocenters. The summed E-state index contributed by atoms with van der Waals surface area (Å²) in [5.41, 5.74) is 5.97. The molecule has 21 heavy (non-hydrogen) atoms. The maximum Gasteiger partial charge on any atom is 0.180 e. The smallest absolute Gasteiger partial charge is 0.180 e. The van der Waals surface area contributed by atoms with Gasteiger partial charge in [-0.3, -0.25) is 4.79 Å². The van der Waals surface area contributed by atoms with Crippen molar-refractivity contribution in [3.63, 3.8) is 0 Å². The Balaban J connectivity index is 2.34. The van der Waals surface area contributed by atoms with Crippen molar-refractivity contribution in [3.8, 4) is 0 Å². The first kappa shape index (κ1) is 16.3. The lowest BCUT2D eigenvalue weighted by atomic mass is 9.87. The van der Waals surface area contributed by atoms with Crippen LogP contribution in [0.1, 0.15) is 49.2 Å². The van der Waals surface area contributed by atoms with Gasteiger partial charge in [0.1, 0.15) is 9.90 Å². The van der Waals surface area contributed by atoms with Gasteiger partial charge in [0.2, 0.25) is 0 Å². The van der Waals surface area contributed by atoms with Gasteiger partial charge >= 0.3 is 0 Å². The van der Waals surface area contributed by atoms with Gasteiger partial charge in [-0.25, -0.2) is 8.42 Å². The zero-order valence-corrected chi connectivity index (χ0v) is 14.2. The van der Waals surface area contributed by atoms with Crippen molar-refractivity contribution >= 4 is 37.6 Å². The van der Waals surface area contributed by atoms with Crippen molar-refractivity contribution in [1.82, 2.24) is 0 Å². The molecule has 118 valence electrons. The minimum atomic E-state index is -3.47. The molecule has 1 heterocycles. The second kappa shape index (κ2) is 5.96. The minimum absolute atomic E-state index is 0.0799. The van der Waals surface area contributed by atoms with Crippen molar-refractivity contribution < 1.29 is 13.2 Å². The molecule has 1 aliphatic carbocycles. The van der Waals surface area contributed by atoms with E-state index in [0.717, 1.165) is 49.2 Å². The molecule has 0 radical (unpaired) electrons. The van der Waals surface area contributed by atoms with Crippen LogP contribution in [0, 0.1) is 5.92 Å². The van der Waals surface area contributed by atoms with Crippen LogP contribution in [0.2, 0.25) is 0 Å². The molecular weight excluding hydrogens is 308 g/mol. The number of nitrogen functional groups attached to an aromatic ring is 1. The van der Waals surface area contributed by atoms with E-state index >= 15 is 0 Å². The summed E-state index contributed by atoms with van der Waals surface area (Å²) in [4.78, 5) is 12.0. The van der Waals surface area contributed by atoms with Crippen molar-refractivity contribution in [1.29, 1.82) is 0 Å². The number of Topliss-reactive ketones (excluding diaryl/α,β-unsaturated/α-hetero) is 1. The number of sulfone groups is 1. The third kappa shape index (κ3) is 3.58. The van der Waals surface area contributed by atoms with Crippen LogP contribution >= 0.6 is 11.3 Å². The number of ketones is 1. The number of hydrogen-bond donors (Lipinski definition) is 2. The summed E-state index contributed by atoms with van der Waals surface area (Å²) in [5, 5.41) is 3.81. The van der Waals surface area contributed by atoms with Crippen LogP contribution in [0.15, 0.2) is 4.90 Å². The number of nitrogens with two attached hydrogens (primary N) is 1. The Morgan fingerprint density at radius 3 is 2.33 bits per heavy atom. The highest BCUT2D eigenvalue weighted by molar-refractivity contribution is 7.91. The number of carbonyl (C=O) groups is 1. The monoisotopic (exact) mass is 330 g/mol. The Morgan fingerprint density at radius 1 is 1.29 bits per heavy atom. The first-order chi connectivity index (χ1) is 9.70. The van der Waals surface area contributed by atoms with E-state index in [2.05, 4.69) is 12.2 Å². The van der Waals surface area contributed by atoms with Crippen LogP contribution < -0.4 is 11.1 Å². The molecule has 1 saturated carbocycles. The third-order valence-electron chi connectivity index (χ3n) is 3.94. The molecule has 2 rings (SSSR count). The molecule has 0 spiro atoms. The first-order valence-corrected chi connectivity index (χ1v) is 9.80. The molecule has 3 N–H and O–H groups in total. The van der Waals surface area contributed by atoms with E-state index < -0.39 is 9.84 Å². The molecular formula is C14H22N2O3S2. The number of anilines is 2. The highest BCUT2D eigenvalue weighted by Crippen LogP contribution is 2.40. The average molecular weight is 330 g/mol. The number of hydrogen-bond acceptors (Lipinski definition) is 6. The van der Waals surface area contributed by atoms with E-state index in [1.165, 1.54) is 6.92 Å². The van der Waals surface area contributed by atoms with Crippen LogP contribution in [0.25, 0.3) is 0 Å². The van der Waals surface area contributed by atoms with Gasteiger partial charge in [0, 0.05) is 19.2 Å². The van der Waals surface area contributed by atoms with Crippen molar-refractivity contribution in [3.05, 3.63) is 4.88 Å². The van der Waals surface area contributed by atoms with Crippen LogP contribution in [-0.4, -0.2) is 26.5 Å². The molecule has 0 amide bonds. The van der Waals surface area contributed by atoms with Gasteiger partial charge in [0.25, 0.3) is 0 Å². The maximum atomic E-state index is 12.0. The maximum absolute atomic E-state index is 12.0. The SMILES string of the molecule is CC(=O)c1sc(NC2CCC(C)CC2)c(S(C)(=O)=O)c1N. The summed E-state index contributed by atoms with van der Waals surface area (Å²) in [7, 11) is -3.47. The Morgan fingerprint density at radius 2 is 1.86 bits per heavy atom. The molecule has 5 nitrogen and oxygen atoms in total. The quantitative estimate of drug-likeness (QED) is 0.829. The van der Waals surface area contributed by atoms with Gasteiger partial charge < -0.3 is 11.1 Å². The fourth-order valence-corrected chi connectivity index (χ4v) is 5.27. The fraction of sp³-hybridized carbons (Fsp3) is 0.643. The van der Waals surface area contributed by atoms with E-state index in [0.29, 0.717) is 9.88 Å². The minimum Gasteiger partial charge on any atom is -0.396 e. The lowest BCUT2D eigenvalue weighted by Crippen LogP contribution is -2.25. The molecule has 7 heteroatoms. The Bertz CT molecular complexity index is 641. The summed E-state index contributed by atoms with van der Waals surface area (Å²) in [6, 6.07) is 0.250. The van der Waals surface area contributed by atoms with E-state index in [-0.39, 0.29) is 22.4 Å². The predicted octanol–water partition coefficient (Wildman–Crippen LogP) is 2.93. The zero-order valence-electron chi connectivity index (χ0n) is 12.6. The zero-order chi connectivity index (χ0) is 15.8. The van der Waals surface area contributed by atoms with Gasteiger partial charge in [-0.05, 0) is 31.6 Å². The van der Waals surface area contributed by atoms with Crippen molar-refractivity contribution in [2.45, 2.75) is 50.5 Å². The summed E-state index contributed by atoms with van der Waals surface area (Å²) in [6.45, 7) is 3.63. The second-order valence-corrected chi connectivity index (χ2v) is 8.91. The third-order valence-corrected chi connectivity index (χ3v) is 6.47. The van der Waals surface area contributed by atoms with E-state index in [4.69, 9.17) is 5.73 Å². The topological polar surface area (TPSA) is 89.3 Å². The molecule has 0 atom stereocenters. The number of rotatable bonds is 4. The van der Waals surface area contributed by atoms with Gasteiger partial charge in [0.15, 0.2) is 15.6 Å². The summed E-state index contributed by atoms with van der Waals surface area (Å²) < 4.78 is 24.0. The second-order valence-electron chi connectivity index (χ2n) is 5.93. The summed E-state index contributed by atoms with van der Waals surface area (Å²) in [5.74, 6) is 0.520. The molecule has 1 aliphatic rings. The standard InChI is InChI=1S/C14H22N2O3S2/c1-8-4-6-10(7-5-8)16-14-13(21(3,18)19)11(15)12(20-14)9(2)17/h8,10,16H,4-7,15H2,1-3H3. The highest BCUT2D eigenvalue weighted by atomic mass is 32.2. The fourth-order valence-electron chi connectivity index (χ4n) is 2.74. The largest absolute Gasteiger partial charge is 0.396 e. The Hall–Kier alpha value is -1.08. The molecule has 1 aromatic rings. The molecule has 1 fully saturated rings. The molecule has 0 aliphatic heterocycles. The average Bonchev–Trinajstić information content (AvgIpc) is 2.69. The Kier molecular flexibility index (Phi) is 4.63. The van der Waals surface area contributed by atoms with Crippen LogP contribution in [0.5, 0.6) is 0 Å². The number of thiophene rings is 1. The van der Waals surface area contributed by atoms with Gasteiger partial charge in [-0.1, -0.05) is 6.92 Å². The number of nitrogens with one attached hydrogen (secondary N) is 1.